The molecule has 1 aromatic carbocycles. The number of aliphatic imine (C=N–C) groups is 1. The molecule has 3 aliphatic heterocycles. The third-order valence-corrected chi connectivity index (χ3v) is 6.33. The number of allylic oxidation sites excluding steroid dienone is 1. The van der Waals surface area contributed by atoms with Gasteiger partial charge in [-0.15, -0.1) is 0 Å². The zero-order valence-electron chi connectivity index (χ0n) is 17.2. The van der Waals surface area contributed by atoms with Gasteiger partial charge < -0.3 is 9.47 Å². The number of carbonyl (C=O) groups excluding carboxylic acids is 1. The number of ether oxygens (including phenoxy) is 2. The Labute approximate surface area is 175 Å². The molecule has 4 rings (SSSR count). The molecule has 0 aromatic heterocycles. The average molecular weight is 414 g/mol. The zero-order chi connectivity index (χ0) is 20.4. The molecule has 1 fully saturated rings. The van der Waals surface area contributed by atoms with Crippen LogP contribution in [-0.2, 0) is 20.8 Å². The minimum Gasteiger partial charge on any atom is -0.462 e. The van der Waals surface area contributed by atoms with Crippen molar-refractivity contribution in [3.63, 3.8) is 0 Å². The third-order valence-electron chi connectivity index (χ3n) is 5.39. The van der Waals surface area contributed by atoms with Crippen molar-refractivity contribution >= 4 is 29.5 Å². The SMILES string of the molecule is COCC1(C(=O)OC(C)C)C=NC=C2N=c3cccc(CN4CCSCC4)c3=C21. The molecule has 0 N–H and O–H groups in total. The lowest BCUT2D eigenvalue weighted by Gasteiger charge is -2.32. The van der Waals surface area contributed by atoms with Crippen LogP contribution in [-0.4, -0.2) is 61.5 Å². The van der Waals surface area contributed by atoms with Crippen LogP contribution in [0.4, 0.5) is 0 Å². The van der Waals surface area contributed by atoms with Crippen molar-refractivity contribution in [2.45, 2.75) is 26.5 Å². The van der Waals surface area contributed by atoms with Crippen molar-refractivity contribution in [3.05, 3.63) is 46.2 Å². The number of hydrogen-bond acceptors (Lipinski definition) is 7. The van der Waals surface area contributed by atoms with E-state index in [1.807, 2.05) is 37.7 Å². The number of nitrogens with zero attached hydrogens (tertiary/aromatic N) is 3. The summed E-state index contributed by atoms with van der Waals surface area (Å²) < 4.78 is 11.2. The molecule has 3 heterocycles. The molecule has 1 saturated heterocycles. The Morgan fingerprint density at radius 2 is 2.10 bits per heavy atom. The van der Waals surface area contributed by atoms with E-state index in [-0.39, 0.29) is 18.7 Å². The highest BCUT2D eigenvalue weighted by atomic mass is 32.2. The molecule has 0 spiro atoms. The van der Waals surface area contributed by atoms with E-state index in [1.165, 1.54) is 5.56 Å². The highest BCUT2D eigenvalue weighted by molar-refractivity contribution is 7.99. The van der Waals surface area contributed by atoms with Crippen molar-refractivity contribution in [1.82, 2.24) is 4.90 Å². The number of hydrogen-bond donors (Lipinski definition) is 0. The van der Waals surface area contributed by atoms with Crippen molar-refractivity contribution in [1.29, 1.82) is 0 Å². The zero-order valence-corrected chi connectivity index (χ0v) is 18.0. The average Bonchev–Trinajstić information content (AvgIpc) is 3.09. The predicted molar refractivity (Wildman–Crippen MR) is 115 cm³/mol. The monoisotopic (exact) mass is 413 g/mol. The van der Waals surface area contributed by atoms with Gasteiger partial charge in [0.05, 0.1) is 30.0 Å². The van der Waals surface area contributed by atoms with E-state index < -0.39 is 5.41 Å². The Morgan fingerprint density at radius 1 is 1.31 bits per heavy atom. The van der Waals surface area contributed by atoms with Crippen molar-refractivity contribution in [2.24, 2.45) is 15.4 Å². The predicted octanol–water partition coefficient (Wildman–Crippen LogP) is 1.53. The standard InChI is InChI=1S/C22H27N3O3S/c1-15(2)28-21(26)22(14-27-3)13-23-11-18-20(22)19-16(5-4-6-17(19)24-18)12-25-7-9-29-10-8-25/h4-6,11,13,15H,7-10,12,14H2,1-3H3. The second kappa shape index (κ2) is 8.42. The molecule has 0 aliphatic carbocycles. The fourth-order valence-corrected chi connectivity index (χ4v) is 5.11. The molecular formula is C22H27N3O3S. The van der Waals surface area contributed by atoms with E-state index >= 15 is 0 Å². The van der Waals surface area contributed by atoms with Gasteiger partial charge in [-0.3, -0.25) is 14.7 Å². The number of benzene rings is 1. The largest absolute Gasteiger partial charge is 0.462 e. The maximum Gasteiger partial charge on any atom is 0.324 e. The summed E-state index contributed by atoms with van der Waals surface area (Å²) in [6.45, 7) is 6.86. The van der Waals surface area contributed by atoms with Crippen molar-refractivity contribution in [3.8, 4) is 0 Å². The second-order valence-electron chi connectivity index (χ2n) is 7.84. The van der Waals surface area contributed by atoms with Gasteiger partial charge in [0, 0.05) is 55.3 Å². The summed E-state index contributed by atoms with van der Waals surface area (Å²) in [6, 6.07) is 6.19. The number of methoxy groups -OCH3 is 1. The molecule has 0 bridgehead atoms. The topological polar surface area (TPSA) is 63.5 Å². The van der Waals surface area contributed by atoms with E-state index in [0.717, 1.165) is 53.0 Å². The molecule has 0 saturated carbocycles. The first-order valence-corrected chi connectivity index (χ1v) is 11.2. The van der Waals surface area contributed by atoms with E-state index in [1.54, 1.807) is 19.5 Å². The Balaban J connectivity index is 1.87. The van der Waals surface area contributed by atoms with E-state index in [9.17, 15) is 4.79 Å². The molecule has 6 nitrogen and oxygen atoms in total. The Kier molecular flexibility index (Phi) is 5.90. The summed E-state index contributed by atoms with van der Waals surface area (Å²) in [5.41, 5.74) is 1.68. The first kappa shape index (κ1) is 20.3. The molecule has 29 heavy (non-hydrogen) atoms. The highest BCUT2D eigenvalue weighted by Gasteiger charge is 2.47. The molecule has 0 radical (unpaired) electrons. The molecule has 7 heteroatoms. The van der Waals surface area contributed by atoms with Gasteiger partial charge in [-0.1, -0.05) is 12.1 Å². The molecule has 0 amide bonds. The van der Waals surface area contributed by atoms with Gasteiger partial charge in [0.1, 0.15) is 0 Å². The van der Waals surface area contributed by atoms with Crippen LogP contribution in [0.5, 0.6) is 0 Å². The first-order valence-electron chi connectivity index (χ1n) is 10.0. The van der Waals surface area contributed by atoms with Crippen LogP contribution < -0.4 is 10.6 Å². The van der Waals surface area contributed by atoms with Crippen LogP contribution in [0.3, 0.4) is 0 Å². The Morgan fingerprint density at radius 3 is 2.83 bits per heavy atom. The fourth-order valence-electron chi connectivity index (χ4n) is 4.13. The minimum atomic E-state index is -1.09. The van der Waals surface area contributed by atoms with Crippen molar-refractivity contribution in [2.75, 3.05) is 38.3 Å². The van der Waals surface area contributed by atoms with Crippen LogP contribution in [0.15, 0.2) is 40.1 Å². The lowest BCUT2D eigenvalue weighted by Crippen LogP contribution is -2.46. The van der Waals surface area contributed by atoms with Gasteiger partial charge in [0.25, 0.3) is 0 Å². The van der Waals surface area contributed by atoms with Gasteiger partial charge in [-0.05, 0) is 25.5 Å². The van der Waals surface area contributed by atoms with Crippen LogP contribution >= 0.6 is 11.8 Å². The van der Waals surface area contributed by atoms with E-state index in [0.29, 0.717) is 0 Å². The summed E-state index contributed by atoms with van der Waals surface area (Å²) in [5, 5.41) is 1.92. The minimum absolute atomic E-state index is 0.165. The van der Waals surface area contributed by atoms with Crippen LogP contribution in [0, 0.1) is 5.41 Å². The fraction of sp³-hybridized carbons (Fsp3) is 0.500. The maximum atomic E-state index is 13.3. The lowest BCUT2D eigenvalue weighted by molar-refractivity contribution is -0.154. The normalized spacial score (nSPS) is 23.4. The molecule has 1 aromatic rings. The van der Waals surface area contributed by atoms with Gasteiger partial charge in [0.2, 0.25) is 0 Å². The van der Waals surface area contributed by atoms with Gasteiger partial charge in [-0.25, -0.2) is 4.99 Å². The van der Waals surface area contributed by atoms with Crippen molar-refractivity contribution < 1.29 is 14.3 Å². The lowest BCUT2D eigenvalue weighted by atomic mass is 9.77. The van der Waals surface area contributed by atoms with Gasteiger partial charge in [0.15, 0.2) is 5.41 Å². The molecular weight excluding hydrogens is 386 g/mol. The summed E-state index contributed by atoms with van der Waals surface area (Å²) in [5.74, 6) is 1.97. The van der Waals surface area contributed by atoms with Crippen LogP contribution in [0.1, 0.15) is 19.4 Å². The van der Waals surface area contributed by atoms with Gasteiger partial charge >= 0.3 is 5.97 Å². The van der Waals surface area contributed by atoms with E-state index in [2.05, 4.69) is 16.0 Å². The maximum absolute atomic E-state index is 13.3. The number of esters is 1. The summed E-state index contributed by atoms with van der Waals surface area (Å²) in [7, 11) is 1.60. The van der Waals surface area contributed by atoms with Crippen LogP contribution in [0.2, 0.25) is 0 Å². The smallest absolute Gasteiger partial charge is 0.324 e. The Hall–Kier alpha value is -1.96. The number of thioether (sulfide) groups is 1. The Bertz CT molecular complexity index is 980. The molecule has 3 aliphatic rings. The number of rotatable bonds is 6. The third kappa shape index (κ3) is 3.79. The van der Waals surface area contributed by atoms with E-state index in [4.69, 9.17) is 14.5 Å². The summed E-state index contributed by atoms with van der Waals surface area (Å²) in [6.07, 6.45) is 3.17. The highest BCUT2D eigenvalue weighted by Crippen LogP contribution is 2.38. The molecule has 1 unspecified atom stereocenters. The quantitative estimate of drug-likeness (QED) is 0.662. The molecule has 1 atom stereocenters. The first-order chi connectivity index (χ1) is 14.0. The number of fused-ring (bicyclic) bond motifs is 2. The summed E-state index contributed by atoms with van der Waals surface area (Å²) >= 11 is 2.00. The van der Waals surface area contributed by atoms with Gasteiger partial charge in [-0.2, -0.15) is 11.8 Å². The van der Waals surface area contributed by atoms with Crippen LogP contribution in [0.25, 0.3) is 5.57 Å². The molecule has 154 valence electrons. The summed E-state index contributed by atoms with van der Waals surface area (Å²) in [4.78, 5) is 24.9. The second-order valence-corrected chi connectivity index (χ2v) is 9.06. The number of carbonyl (C=O) groups is 1.